The molecule has 1 aliphatic rings. The summed E-state index contributed by atoms with van der Waals surface area (Å²) in [5.41, 5.74) is 28.6. The topological polar surface area (TPSA) is 104 Å². The number of hydrogen-bond acceptors (Lipinski definition) is 4. The van der Waals surface area contributed by atoms with Crippen molar-refractivity contribution >= 4 is 12.2 Å². The van der Waals surface area contributed by atoms with Crippen LogP contribution in [0.25, 0.3) is 23.3 Å². The van der Waals surface area contributed by atoms with Crippen LogP contribution in [0.3, 0.4) is 0 Å². The molecule has 4 heteroatoms. The van der Waals surface area contributed by atoms with E-state index in [9.17, 15) is 0 Å². The van der Waals surface area contributed by atoms with Crippen molar-refractivity contribution in [2.24, 2.45) is 22.9 Å². The lowest BCUT2D eigenvalue weighted by Gasteiger charge is -2.22. The number of fused-ring (bicyclic) bond motifs is 3. The largest absolute Gasteiger partial charge is 0.405 e. The summed E-state index contributed by atoms with van der Waals surface area (Å²) in [6.45, 7) is 0. The quantitative estimate of drug-likeness (QED) is 0.627. The second-order valence-electron chi connectivity index (χ2n) is 5.20. The molecule has 106 valence electrons. The fourth-order valence-corrected chi connectivity index (χ4v) is 2.85. The highest BCUT2D eigenvalue weighted by molar-refractivity contribution is 5.82. The van der Waals surface area contributed by atoms with Crippen LogP contribution in [-0.4, -0.2) is 0 Å². The van der Waals surface area contributed by atoms with Gasteiger partial charge in [0.05, 0.1) is 0 Å². The fourth-order valence-electron chi connectivity index (χ4n) is 2.85. The third-order valence-electron chi connectivity index (χ3n) is 3.85. The zero-order valence-corrected chi connectivity index (χ0v) is 11.6. The smallest absolute Gasteiger partial charge is 0.118 e. The number of hydrogen-bond donors (Lipinski definition) is 4. The third kappa shape index (κ3) is 2.01. The summed E-state index contributed by atoms with van der Waals surface area (Å²) < 4.78 is 0. The Labute approximate surface area is 123 Å². The van der Waals surface area contributed by atoms with Gasteiger partial charge < -0.3 is 22.9 Å². The third-order valence-corrected chi connectivity index (χ3v) is 3.85. The average Bonchev–Trinajstić information content (AvgIpc) is 2.68. The molecule has 21 heavy (non-hydrogen) atoms. The highest BCUT2D eigenvalue weighted by Gasteiger charge is 2.36. The Morgan fingerprint density at radius 1 is 0.714 bits per heavy atom. The lowest BCUT2D eigenvalue weighted by molar-refractivity contribution is 0.584. The van der Waals surface area contributed by atoms with E-state index in [2.05, 4.69) is 0 Å². The van der Waals surface area contributed by atoms with Gasteiger partial charge in [0.1, 0.15) is 5.66 Å². The van der Waals surface area contributed by atoms with E-state index in [0.29, 0.717) is 0 Å². The van der Waals surface area contributed by atoms with Crippen LogP contribution in [0.4, 0.5) is 0 Å². The maximum atomic E-state index is 6.40. The molecule has 8 N–H and O–H groups in total. The average molecular weight is 278 g/mol. The molecule has 4 nitrogen and oxygen atoms in total. The van der Waals surface area contributed by atoms with E-state index in [1.807, 2.05) is 48.6 Å². The van der Waals surface area contributed by atoms with Gasteiger partial charge in [0.15, 0.2) is 0 Å². The summed E-state index contributed by atoms with van der Waals surface area (Å²) in [5.74, 6) is 0. The van der Waals surface area contributed by atoms with Gasteiger partial charge in [-0.1, -0.05) is 24.3 Å². The zero-order valence-electron chi connectivity index (χ0n) is 11.6. The minimum absolute atomic E-state index is 0.905. The molecule has 0 aliphatic heterocycles. The van der Waals surface area contributed by atoms with Crippen LogP contribution in [-0.2, 0) is 5.66 Å². The Kier molecular flexibility index (Phi) is 3.05. The molecule has 2 aromatic rings. The normalized spacial score (nSPS) is 15.5. The van der Waals surface area contributed by atoms with Crippen LogP contribution in [0, 0.1) is 0 Å². The fraction of sp³-hybridized carbons (Fsp3) is 0.0588. The Bertz CT molecular complexity index is 694. The van der Waals surface area contributed by atoms with Gasteiger partial charge in [0, 0.05) is 0 Å². The summed E-state index contributed by atoms with van der Waals surface area (Å²) in [6, 6.07) is 12.0. The molecule has 3 rings (SSSR count). The molecular formula is C17H18N4. The van der Waals surface area contributed by atoms with Gasteiger partial charge in [-0.15, -0.1) is 0 Å². The van der Waals surface area contributed by atoms with Crippen LogP contribution >= 0.6 is 0 Å². The predicted molar refractivity (Wildman–Crippen MR) is 87.5 cm³/mol. The first-order valence-electron chi connectivity index (χ1n) is 6.71. The Hall–Kier alpha value is -2.56. The van der Waals surface area contributed by atoms with Crippen LogP contribution in [0.1, 0.15) is 22.3 Å². The molecule has 0 radical (unpaired) electrons. The second-order valence-corrected chi connectivity index (χ2v) is 5.20. The van der Waals surface area contributed by atoms with E-state index >= 15 is 0 Å². The van der Waals surface area contributed by atoms with Gasteiger partial charge in [-0.3, -0.25) is 0 Å². The number of rotatable bonds is 2. The summed E-state index contributed by atoms with van der Waals surface area (Å²) in [5, 5.41) is 0. The minimum atomic E-state index is -1.01. The first-order valence-corrected chi connectivity index (χ1v) is 6.71. The molecule has 0 amide bonds. The minimum Gasteiger partial charge on any atom is -0.405 e. The van der Waals surface area contributed by atoms with Gasteiger partial charge in [0.25, 0.3) is 0 Å². The van der Waals surface area contributed by atoms with Crippen LogP contribution in [0.2, 0.25) is 0 Å². The maximum absolute atomic E-state index is 6.40. The zero-order chi connectivity index (χ0) is 15.0. The van der Waals surface area contributed by atoms with Gasteiger partial charge in [-0.25, -0.2) is 0 Å². The summed E-state index contributed by atoms with van der Waals surface area (Å²) in [7, 11) is 0. The monoisotopic (exact) mass is 278 g/mol. The van der Waals surface area contributed by atoms with Crippen LogP contribution in [0.5, 0.6) is 0 Å². The van der Waals surface area contributed by atoms with Gasteiger partial charge >= 0.3 is 0 Å². The van der Waals surface area contributed by atoms with Crippen molar-refractivity contribution in [3.05, 3.63) is 71.1 Å². The maximum Gasteiger partial charge on any atom is 0.118 e. The summed E-state index contributed by atoms with van der Waals surface area (Å²) >= 11 is 0. The molecule has 0 saturated carbocycles. The van der Waals surface area contributed by atoms with Crippen molar-refractivity contribution in [2.75, 3.05) is 0 Å². The van der Waals surface area contributed by atoms with E-state index in [1.54, 1.807) is 0 Å². The first-order chi connectivity index (χ1) is 10.1. The molecule has 0 spiro atoms. The van der Waals surface area contributed by atoms with E-state index < -0.39 is 5.66 Å². The Morgan fingerprint density at radius 2 is 1.14 bits per heavy atom. The molecular weight excluding hydrogens is 260 g/mol. The predicted octanol–water partition coefficient (Wildman–Crippen LogP) is 1.64. The van der Waals surface area contributed by atoms with E-state index in [4.69, 9.17) is 22.9 Å². The van der Waals surface area contributed by atoms with Crippen molar-refractivity contribution in [3.8, 4) is 11.1 Å². The highest BCUT2D eigenvalue weighted by atomic mass is 15.0. The Balaban J connectivity index is 2.21. The molecule has 0 atom stereocenters. The van der Waals surface area contributed by atoms with Crippen molar-refractivity contribution in [3.63, 3.8) is 0 Å². The summed E-state index contributed by atoms with van der Waals surface area (Å²) in [4.78, 5) is 0. The van der Waals surface area contributed by atoms with Gasteiger partial charge in [-0.2, -0.15) is 0 Å². The summed E-state index contributed by atoms with van der Waals surface area (Å²) in [6.07, 6.45) is 6.65. The van der Waals surface area contributed by atoms with Crippen LogP contribution < -0.4 is 22.9 Å². The number of nitrogens with two attached hydrogens (primary N) is 4. The Morgan fingerprint density at radius 3 is 1.52 bits per heavy atom. The highest BCUT2D eigenvalue weighted by Crippen LogP contribution is 2.44. The molecule has 0 bridgehead atoms. The van der Waals surface area contributed by atoms with Crippen molar-refractivity contribution in [2.45, 2.75) is 5.66 Å². The van der Waals surface area contributed by atoms with Crippen molar-refractivity contribution in [1.82, 2.24) is 0 Å². The van der Waals surface area contributed by atoms with Gasteiger partial charge in [0.2, 0.25) is 0 Å². The first kappa shape index (κ1) is 13.4. The second kappa shape index (κ2) is 4.77. The molecule has 0 saturated heterocycles. The SMILES string of the molecule is N/C=C/c1ccc2c(c1)C(N)(N)c1cc(/C=C/N)ccc1-2. The van der Waals surface area contributed by atoms with Crippen LogP contribution in [0.15, 0.2) is 48.8 Å². The van der Waals surface area contributed by atoms with E-state index in [-0.39, 0.29) is 0 Å². The number of benzene rings is 2. The molecule has 0 aromatic heterocycles. The standard InChI is InChI=1S/C17H18N4/c18-7-5-11-1-3-13-14-4-2-12(6-8-19)10-16(14)17(20,21)15(13)9-11/h1-10H,18-21H2/b7-5+,8-6+. The van der Waals surface area contributed by atoms with Crippen molar-refractivity contribution < 1.29 is 0 Å². The van der Waals surface area contributed by atoms with Gasteiger partial charge in [-0.05, 0) is 70.1 Å². The molecule has 0 unspecified atom stereocenters. The van der Waals surface area contributed by atoms with E-state index in [1.165, 1.54) is 12.4 Å². The lowest BCUT2D eigenvalue weighted by atomic mass is 9.96. The molecule has 0 fully saturated rings. The molecule has 2 aromatic carbocycles. The lowest BCUT2D eigenvalue weighted by Crippen LogP contribution is -2.45. The molecule has 1 aliphatic carbocycles. The van der Waals surface area contributed by atoms with Crippen molar-refractivity contribution in [1.29, 1.82) is 0 Å². The molecule has 0 heterocycles. The van der Waals surface area contributed by atoms with E-state index in [0.717, 1.165) is 33.4 Å².